The third kappa shape index (κ3) is 6.00. The van der Waals surface area contributed by atoms with E-state index in [0.717, 1.165) is 0 Å². The van der Waals surface area contributed by atoms with Crippen LogP contribution in [0, 0.1) is 12.8 Å². The molecule has 1 fully saturated rings. The molecule has 0 saturated carbocycles. The second-order valence-corrected chi connectivity index (χ2v) is 11.6. The van der Waals surface area contributed by atoms with Crippen LogP contribution < -0.4 is 16.1 Å². The van der Waals surface area contributed by atoms with Gasteiger partial charge in [-0.15, -0.1) is 0 Å². The van der Waals surface area contributed by atoms with Gasteiger partial charge in [0.1, 0.15) is 17.8 Å². The highest BCUT2D eigenvalue weighted by Crippen LogP contribution is 2.30. The third-order valence-electron chi connectivity index (χ3n) is 7.58. The lowest BCUT2D eigenvalue weighted by molar-refractivity contribution is -0.139. The number of pyridine rings is 1. The van der Waals surface area contributed by atoms with E-state index in [2.05, 4.69) is 15.6 Å². The van der Waals surface area contributed by atoms with Gasteiger partial charge in [-0.3, -0.25) is 24.2 Å². The Morgan fingerprint density at radius 1 is 1.05 bits per heavy atom. The number of nitrogens with one attached hydrogen (secondary N) is 2. The number of fused-ring (bicyclic) bond motifs is 1. The summed E-state index contributed by atoms with van der Waals surface area (Å²) >= 11 is 12.2. The van der Waals surface area contributed by atoms with Crippen LogP contribution in [0.3, 0.4) is 0 Å². The van der Waals surface area contributed by atoms with Gasteiger partial charge in [0.05, 0.1) is 32.9 Å². The zero-order valence-corrected chi connectivity index (χ0v) is 25.3. The highest BCUT2D eigenvalue weighted by molar-refractivity contribution is 6.43. The number of rotatable bonds is 7. The minimum absolute atomic E-state index is 0.129. The fraction of sp³-hybridized carbons (Fsp3) is 0.281. The first-order chi connectivity index (χ1) is 20.6. The smallest absolute Gasteiger partial charge is 0.255 e. The van der Waals surface area contributed by atoms with E-state index in [1.54, 1.807) is 25.1 Å². The molecule has 11 heteroatoms. The number of anilines is 1. The molecule has 43 heavy (non-hydrogen) atoms. The van der Waals surface area contributed by atoms with Crippen LogP contribution in [0.1, 0.15) is 42.6 Å². The predicted octanol–water partition coefficient (Wildman–Crippen LogP) is 5.85. The Morgan fingerprint density at radius 2 is 1.79 bits per heavy atom. The Labute approximate surface area is 258 Å². The summed E-state index contributed by atoms with van der Waals surface area (Å²) in [5, 5.41) is 6.18. The molecule has 2 aromatic heterocycles. The van der Waals surface area contributed by atoms with Crippen molar-refractivity contribution in [2.45, 2.75) is 45.7 Å². The van der Waals surface area contributed by atoms with Crippen LogP contribution in [0.15, 0.2) is 70.1 Å². The molecule has 1 aliphatic heterocycles. The molecule has 0 bridgehead atoms. The molecule has 0 aliphatic carbocycles. The Balaban J connectivity index is 1.42. The lowest BCUT2D eigenvalue weighted by Gasteiger charge is -2.30. The van der Waals surface area contributed by atoms with Gasteiger partial charge < -0.3 is 20.0 Å². The Bertz CT molecular complexity index is 1770. The number of para-hydroxylation sites is 1. The zero-order chi connectivity index (χ0) is 30.8. The number of carbonyl (C=O) groups is 3. The predicted molar refractivity (Wildman–Crippen MR) is 166 cm³/mol. The summed E-state index contributed by atoms with van der Waals surface area (Å²) in [4.78, 5) is 59.5. The summed E-state index contributed by atoms with van der Waals surface area (Å²) in [6.45, 7) is 5.66. The average molecular weight is 622 g/mol. The molecule has 0 radical (unpaired) electrons. The number of likely N-dealkylation sites (tertiary alicyclic amines) is 1. The molecule has 4 aromatic rings. The number of carbonyl (C=O) groups excluding carboxylic acids is 3. The quantitative estimate of drug-likeness (QED) is 0.267. The van der Waals surface area contributed by atoms with Crippen LogP contribution in [0.25, 0.3) is 22.3 Å². The lowest BCUT2D eigenvalue weighted by Crippen LogP contribution is -2.54. The Kier molecular flexibility index (Phi) is 8.84. The molecule has 9 nitrogen and oxygen atoms in total. The number of benzene rings is 2. The number of hydrogen-bond donors (Lipinski definition) is 2. The van der Waals surface area contributed by atoms with E-state index in [9.17, 15) is 19.2 Å². The fourth-order valence-electron chi connectivity index (χ4n) is 5.29. The molecule has 0 unspecified atom stereocenters. The van der Waals surface area contributed by atoms with Gasteiger partial charge in [0.25, 0.3) is 5.91 Å². The van der Waals surface area contributed by atoms with E-state index < -0.39 is 23.9 Å². The van der Waals surface area contributed by atoms with E-state index in [-0.39, 0.29) is 49.5 Å². The van der Waals surface area contributed by atoms with Gasteiger partial charge in [0.15, 0.2) is 11.0 Å². The van der Waals surface area contributed by atoms with Crippen molar-refractivity contribution < 1.29 is 18.8 Å². The first-order valence-corrected chi connectivity index (χ1v) is 14.7. The summed E-state index contributed by atoms with van der Waals surface area (Å²) in [7, 11) is 0. The minimum Gasteiger partial charge on any atom is -0.455 e. The Morgan fingerprint density at radius 3 is 2.51 bits per heavy atom. The lowest BCUT2D eigenvalue weighted by atomic mass is 10.0. The van der Waals surface area contributed by atoms with Crippen LogP contribution in [-0.2, 0) is 9.59 Å². The largest absolute Gasteiger partial charge is 0.455 e. The van der Waals surface area contributed by atoms with E-state index in [0.29, 0.717) is 36.3 Å². The van der Waals surface area contributed by atoms with Crippen LogP contribution >= 0.6 is 23.2 Å². The van der Waals surface area contributed by atoms with Crippen molar-refractivity contribution in [1.29, 1.82) is 0 Å². The van der Waals surface area contributed by atoms with Crippen LogP contribution in [0.2, 0.25) is 10.0 Å². The number of halogens is 2. The fourth-order valence-corrected chi connectivity index (χ4v) is 5.59. The van der Waals surface area contributed by atoms with Gasteiger partial charge in [-0.2, -0.15) is 0 Å². The minimum atomic E-state index is -0.946. The number of aromatic nitrogens is 1. The molecule has 1 aliphatic rings. The average Bonchev–Trinajstić information content (AvgIpc) is 3.50. The first-order valence-electron chi connectivity index (χ1n) is 13.9. The van der Waals surface area contributed by atoms with E-state index in [1.165, 1.54) is 17.3 Å². The molecule has 1 saturated heterocycles. The van der Waals surface area contributed by atoms with Gasteiger partial charge in [0.2, 0.25) is 11.8 Å². The maximum absolute atomic E-state index is 13.8. The molecule has 3 heterocycles. The summed E-state index contributed by atoms with van der Waals surface area (Å²) < 4.78 is 6.20. The van der Waals surface area contributed by atoms with Crippen LogP contribution in [0.5, 0.6) is 0 Å². The second-order valence-electron chi connectivity index (χ2n) is 10.8. The molecule has 2 atom stereocenters. The molecular formula is C32H30Cl2N4O5. The van der Waals surface area contributed by atoms with Crippen molar-refractivity contribution in [3.8, 4) is 11.3 Å². The standard InChI is InChI=1S/C32H30Cl2N4O5/c1-17(2)26(32(42)38-14-8-13-24(38)31(41)36-23-16-35-15-22(33)25(23)34)37-30(40)21-12-7-11-20-27(39)18(3)28(43-29(20)21)19-9-5-4-6-10-19/h4-7,9-12,15-17,24,26H,8,13-14H2,1-3H3,(H,36,41)(H,37,40)/t24-,26+/m0/s1. The molecule has 0 spiro atoms. The van der Waals surface area contributed by atoms with Gasteiger partial charge in [-0.05, 0) is 37.8 Å². The molecule has 5 rings (SSSR count). The number of amides is 3. The van der Waals surface area contributed by atoms with Crippen molar-refractivity contribution in [2.75, 3.05) is 11.9 Å². The van der Waals surface area contributed by atoms with Crippen LogP contribution in [-0.4, -0.2) is 46.2 Å². The molecule has 2 N–H and O–H groups in total. The summed E-state index contributed by atoms with van der Waals surface area (Å²) in [6, 6.07) is 12.2. The molecular weight excluding hydrogens is 591 g/mol. The Hall–Kier alpha value is -4.21. The maximum atomic E-state index is 13.8. The van der Waals surface area contributed by atoms with E-state index in [4.69, 9.17) is 27.6 Å². The highest BCUT2D eigenvalue weighted by Gasteiger charge is 2.39. The highest BCUT2D eigenvalue weighted by atomic mass is 35.5. The van der Waals surface area contributed by atoms with Crippen LogP contribution in [0.4, 0.5) is 5.69 Å². The molecule has 222 valence electrons. The van der Waals surface area contributed by atoms with E-state index >= 15 is 0 Å². The van der Waals surface area contributed by atoms with Crippen molar-refractivity contribution in [3.63, 3.8) is 0 Å². The summed E-state index contributed by atoms with van der Waals surface area (Å²) in [6.07, 6.45) is 3.81. The maximum Gasteiger partial charge on any atom is 0.255 e. The van der Waals surface area contributed by atoms with Gasteiger partial charge in [0, 0.05) is 23.9 Å². The zero-order valence-electron chi connectivity index (χ0n) is 23.8. The molecule has 2 aromatic carbocycles. The molecule has 3 amide bonds. The summed E-state index contributed by atoms with van der Waals surface area (Å²) in [5.41, 5.74) is 1.40. The number of nitrogens with zero attached hydrogens (tertiary/aromatic N) is 2. The normalized spacial score (nSPS) is 15.5. The van der Waals surface area contributed by atoms with Crippen molar-refractivity contribution in [1.82, 2.24) is 15.2 Å². The third-order valence-corrected chi connectivity index (χ3v) is 8.37. The first kappa shape index (κ1) is 30.3. The van der Waals surface area contributed by atoms with Gasteiger partial charge >= 0.3 is 0 Å². The second kappa shape index (κ2) is 12.6. The topological polar surface area (TPSA) is 122 Å². The number of hydrogen-bond acceptors (Lipinski definition) is 6. The summed E-state index contributed by atoms with van der Waals surface area (Å²) in [5.74, 6) is -1.32. The monoisotopic (exact) mass is 620 g/mol. The van der Waals surface area contributed by atoms with Gasteiger partial charge in [-0.25, -0.2) is 0 Å². The van der Waals surface area contributed by atoms with E-state index in [1.807, 2.05) is 44.2 Å². The van der Waals surface area contributed by atoms with Crippen molar-refractivity contribution in [3.05, 3.63) is 92.3 Å². The van der Waals surface area contributed by atoms with Gasteiger partial charge in [-0.1, -0.05) is 73.4 Å². The SMILES string of the molecule is Cc1c(-c2ccccc2)oc2c(C(=O)N[C@@H](C(=O)N3CCC[C@H]3C(=O)Nc3cncc(Cl)c3Cl)C(C)C)cccc2c1=O. The van der Waals surface area contributed by atoms with Crippen molar-refractivity contribution in [2.24, 2.45) is 5.92 Å². The van der Waals surface area contributed by atoms with Crippen molar-refractivity contribution >= 4 is 57.6 Å².